The average Bonchev–Trinajstić information content (AvgIpc) is 2.27. The number of rotatable bonds is 6. The second-order valence-electron chi connectivity index (χ2n) is 5.36. The van der Waals surface area contributed by atoms with Gasteiger partial charge in [-0.3, -0.25) is 4.98 Å². The van der Waals surface area contributed by atoms with Gasteiger partial charge in [-0.05, 0) is 44.0 Å². The number of aromatic nitrogens is 1. The predicted octanol–water partition coefficient (Wildman–Crippen LogP) is 1.96. The molecule has 0 fully saturated rings. The summed E-state index contributed by atoms with van der Waals surface area (Å²) in [7, 11) is 2.05. The predicted molar refractivity (Wildman–Crippen MR) is 70.9 cm³/mol. The molecule has 3 nitrogen and oxygen atoms in total. The Bertz CT molecular complexity index is 322. The maximum Gasteiger partial charge on any atom is 0.0768 e. The highest BCUT2D eigenvalue weighted by molar-refractivity contribution is 5.09. The molecule has 0 radical (unpaired) electrons. The minimum atomic E-state index is -0.618. The van der Waals surface area contributed by atoms with E-state index in [1.807, 2.05) is 31.5 Å². The molecule has 0 aliphatic heterocycles. The summed E-state index contributed by atoms with van der Waals surface area (Å²) in [6.07, 6.45) is 4.63. The van der Waals surface area contributed by atoms with Gasteiger partial charge in [-0.2, -0.15) is 0 Å². The summed E-state index contributed by atoms with van der Waals surface area (Å²) >= 11 is 0. The lowest BCUT2D eigenvalue weighted by atomic mass is 9.92. The molecule has 1 heterocycles. The first-order chi connectivity index (χ1) is 7.92. The zero-order chi connectivity index (χ0) is 12.9. The third-order valence-electron chi connectivity index (χ3n) is 3.37. The normalized spacial score (nSPS) is 15.2. The van der Waals surface area contributed by atoms with Crippen LogP contribution in [0.15, 0.2) is 24.5 Å². The lowest BCUT2D eigenvalue weighted by molar-refractivity contribution is -0.0128. The van der Waals surface area contributed by atoms with Crippen molar-refractivity contribution in [2.24, 2.45) is 5.92 Å². The summed E-state index contributed by atoms with van der Waals surface area (Å²) < 4.78 is 0. The molecule has 0 amide bonds. The third-order valence-corrected chi connectivity index (χ3v) is 3.37. The van der Waals surface area contributed by atoms with Gasteiger partial charge in [0.25, 0.3) is 0 Å². The molecule has 0 spiro atoms. The van der Waals surface area contributed by atoms with Gasteiger partial charge in [0, 0.05) is 25.5 Å². The molecule has 0 aliphatic rings. The van der Waals surface area contributed by atoms with Crippen LogP contribution >= 0.6 is 0 Å². The van der Waals surface area contributed by atoms with E-state index < -0.39 is 5.60 Å². The van der Waals surface area contributed by atoms with Crippen LogP contribution in [0.3, 0.4) is 0 Å². The van der Waals surface area contributed by atoms with Crippen molar-refractivity contribution in [2.45, 2.75) is 32.8 Å². The molecule has 1 aromatic heterocycles. The first-order valence-corrected chi connectivity index (χ1v) is 6.21. The van der Waals surface area contributed by atoms with Gasteiger partial charge in [0.05, 0.1) is 5.60 Å². The quantitative estimate of drug-likeness (QED) is 0.820. The van der Waals surface area contributed by atoms with Crippen LogP contribution in [0, 0.1) is 5.92 Å². The van der Waals surface area contributed by atoms with E-state index in [4.69, 9.17) is 0 Å². The Kier molecular flexibility index (Phi) is 5.09. The smallest absolute Gasteiger partial charge is 0.0768 e. The van der Waals surface area contributed by atoms with Crippen molar-refractivity contribution >= 4 is 0 Å². The Balaban J connectivity index is 2.38. The fourth-order valence-electron chi connectivity index (χ4n) is 1.68. The fourth-order valence-corrected chi connectivity index (χ4v) is 1.68. The van der Waals surface area contributed by atoms with E-state index in [1.165, 1.54) is 5.56 Å². The van der Waals surface area contributed by atoms with Gasteiger partial charge in [0.15, 0.2) is 0 Å². The summed E-state index contributed by atoms with van der Waals surface area (Å²) in [5.41, 5.74) is 0.670. The summed E-state index contributed by atoms with van der Waals surface area (Å²) in [5, 5.41) is 10.2. The molecule has 1 unspecified atom stereocenters. The molecule has 1 aromatic rings. The van der Waals surface area contributed by atoms with Crippen LogP contribution in [0.2, 0.25) is 0 Å². The Morgan fingerprint density at radius 2 is 1.94 bits per heavy atom. The van der Waals surface area contributed by atoms with Gasteiger partial charge in [-0.25, -0.2) is 0 Å². The Labute approximate surface area is 104 Å². The van der Waals surface area contributed by atoms with E-state index in [0.717, 1.165) is 13.0 Å². The van der Waals surface area contributed by atoms with E-state index in [9.17, 15) is 5.11 Å². The van der Waals surface area contributed by atoms with E-state index in [2.05, 4.69) is 30.8 Å². The van der Waals surface area contributed by atoms with Crippen molar-refractivity contribution in [3.05, 3.63) is 30.1 Å². The van der Waals surface area contributed by atoms with Crippen molar-refractivity contribution in [3.8, 4) is 0 Å². The molecular formula is C14H24N2O. The molecule has 1 rings (SSSR count). The third kappa shape index (κ3) is 4.84. The van der Waals surface area contributed by atoms with E-state index in [1.54, 1.807) is 0 Å². The highest BCUT2D eigenvalue weighted by Crippen LogP contribution is 2.17. The molecule has 0 saturated heterocycles. The van der Waals surface area contributed by atoms with E-state index in [-0.39, 0.29) is 5.92 Å². The zero-order valence-electron chi connectivity index (χ0n) is 11.3. The second-order valence-corrected chi connectivity index (χ2v) is 5.36. The first kappa shape index (κ1) is 14.1. The van der Waals surface area contributed by atoms with Crippen molar-refractivity contribution in [1.82, 2.24) is 9.88 Å². The Morgan fingerprint density at radius 3 is 2.47 bits per heavy atom. The molecule has 17 heavy (non-hydrogen) atoms. The number of likely N-dealkylation sites (N-methyl/N-ethyl adjacent to an activating group) is 1. The van der Waals surface area contributed by atoms with Crippen molar-refractivity contribution in [1.29, 1.82) is 0 Å². The van der Waals surface area contributed by atoms with Gasteiger partial charge in [0.1, 0.15) is 0 Å². The molecule has 3 heteroatoms. The highest BCUT2D eigenvalue weighted by atomic mass is 16.3. The lowest BCUT2D eigenvalue weighted by Gasteiger charge is -2.32. The van der Waals surface area contributed by atoms with Crippen molar-refractivity contribution in [2.75, 3.05) is 20.1 Å². The highest BCUT2D eigenvalue weighted by Gasteiger charge is 2.26. The number of pyridine rings is 1. The molecular weight excluding hydrogens is 212 g/mol. The minimum absolute atomic E-state index is 0.269. The number of hydrogen-bond acceptors (Lipinski definition) is 3. The Morgan fingerprint density at radius 1 is 1.35 bits per heavy atom. The zero-order valence-corrected chi connectivity index (χ0v) is 11.3. The van der Waals surface area contributed by atoms with Gasteiger partial charge in [0.2, 0.25) is 0 Å². The van der Waals surface area contributed by atoms with E-state index >= 15 is 0 Å². The molecule has 0 aliphatic carbocycles. The SMILES string of the molecule is CC(C)C(C)(O)CN(C)CCc1ccncc1. The largest absolute Gasteiger partial charge is 0.389 e. The van der Waals surface area contributed by atoms with Crippen LogP contribution in [-0.2, 0) is 6.42 Å². The van der Waals surface area contributed by atoms with Gasteiger partial charge in [-0.15, -0.1) is 0 Å². The lowest BCUT2D eigenvalue weighted by Crippen LogP contribution is -2.43. The maximum atomic E-state index is 10.2. The number of hydrogen-bond donors (Lipinski definition) is 1. The molecule has 1 atom stereocenters. The van der Waals surface area contributed by atoms with Crippen LogP contribution in [-0.4, -0.2) is 40.7 Å². The molecule has 96 valence electrons. The molecule has 1 N–H and O–H groups in total. The first-order valence-electron chi connectivity index (χ1n) is 6.21. The Hall–Kier alpha value is -0.930. The molecule has 0 saturated carbocycles. The van der Waals surface area contributed by atoms with Crippen LogP contribution in [0.1, 0.15) is 26.3 Å². The van der Waals surface area contributed by atoms with Gasteiger partial charge < -0.3 is 10.0 Å². The van der Waals surface area contributed by atoms with Gasteiger partial charge >= 0.3 is 0 Å². The number of aliphatic hydroxyl groups is 1. The summed E-state index contributed by atoms with van der Waals surface area (Å²) in [6, 6.07) is 4.07. The van der Waals surface area contributed by atoms with E-state index in [0.29, 0.717) is 6.54 Å². The second kappa shape index (κ2) is 6.12. The van der Waals surface area contributed by atoms with Crippen LogP contribution < -0.4 is 0 Å². The topological polar surface area (TPSA) is 36.4 Å². The summed E-state index contributed by atoms with van der Waals surface area (Å²) in [5.74, 6) is 0.269. The van der Waals surface area contributed by atoms with Crippen LogP contribution in [0.25, 0.3) is 0 Å². The fraction of sp³-hybridized carbons (Fsp3) is 0.643. The average molecular weight is 236 g/mol. The monoisotopic (exact) mass is 236 g/mol. The summed E-state index contributed by atoms with van der Waals surface area (Å²) in [6.45, 7) is 7.66. The molecule has 0 aromatic carbocycles. The molecule has 0 bridgehead atoms. The van der Waals surface area contributed by atoms with Crippen molar-refractivity contribution in [3.63, 3.8) is 0 Å². The number of nitrogens with zero attached hydrogens (tertiary/aromatic N) is 2. The maximum absolute atomic E-state index is 10.2. The van der Waals surface area contributed by atoms with Crippen molar-refractivity contribution < 1.29 is 5.11 Å². The summed E-state index contributed by atoms with van der Waals surface area (Å²) in [4.78, 5) is 6.18. The minimum Gasteiger partial charge on any atom is -0.389 e. The van der Waals surface area contributed by atoms with Gasteiger partial charge in [-0.1, -0.05) is 13.8 Å². The van der Waals surface area contributed by atoms with Crippen LogP contribution in [0.4, 0.5) is 0 Å². The standard InChI is InChI=1S/C14H24N2O/c1-12(2)14(3,17)11-16(4)10-7-13-5-8-15-9-6-13/h5-6,8-9,12,17H,7,10-11H2,1-4H3. The van der Waals surface area contributed by atoms with Crippen LogP contribution in [0.5, 0.6) is 0 Å².